The highest BCUT2D eigenvalue weighted by atomic mass is 32.2. The summed E-state index contributed by atoms with van der Waals surface area (Å²) in [4.78, 5) is 11.8. The molecule has 0 aromatic heterocycles. The van der Waals surface area contributed by atoms with Crippen molar-refractivity contribution in [2.45, 2.75) is 6.67 Å². The lowest BCUT2D eigenvalue weighted by Crippen LogP contribution is -2.12. The largest absolute Gasteiger partial charge is 0.322 e. The van der Waals surface area contributed by atoms with Crippen molar-refractivity contribution in [2.75, 3.05) is 11.6 Å². The molecule has 0 spiro atoms. The van der Waals surface area contributed by atoms with Crippen molar-refractivity contribution < 1.29 is 22.2 Å². The van der Waals surface area contributed by atoms with E-state index < -0.39 is 16.8 Å². The van der Waals surface area contributed by atoms with Crippen LogP contribution in [0, 0.1) is 0 Å². The standard InChI is InChI=1S/C14H12FNO.CH4O3S/c15-10-12-8-4-5-9-13(12)16-14(17)11-6-2-1-3-7-11;1-5(2,3)4/h1-9H,10H2,(H,16,17);1H3,(H,2,3,4). The first-order valence-electron chi connectivity index (χ1n) is 6.24. The van der Waals surface area contributed by atoms with Crippen LogP contribution >= 0.6 is 0 Å². The van der Waals surface area contributed by atoms with Gasteiger partial charge in [0.2, 0.25) is 0 Å². The van der Waals surface area contributed by atoms with Crippen LogP contribution in [0.4, 0.5) is 10.1 Å². The lowest BCUT2D eigenvalue weighted by Gasteiger charge is -2.08. The Hall–Kier alpha value is -2.25. The van der Waals surface area contributed by atoms with Crippen molar-refractivity contribution in [3.63, 3.8) is 0 Å². The smallest absolute Gasteiger partial charge is 0.261 e. The molecule has 118 valence electrons. The molecule has 22 heavy (non-hydrogen) atoms. The summed E-state index contributed by atoms with van der Waals surface area (Å²) in [6.45, 7) is -0.592. The molecule has 0 atom stereocenters. The molecule has 0 aliphatic rings. The van der Waals surface area contributed by atoms with Crippen LogP contribution < -0.4 is 5.32 Å². The third kappa shape index (κ3) is 6.96. The number of nitrogens with one attached hydrogen (secondary N) is 1. The van der Waals surface area contributed by atoms with Gasteiger partial charge < -0.3 is 5.32 Å². The number of benzene rings is 2. The normalized spacial score (nSPS) is 10.3. The van der Waals surface area contributed by atoms with Gasteiger partial charge in [0.25, 0.3) is 16.0 Å². The first kappa shape index (κ1) is 17.8. The van der Waals surface area contributed by atoms with Gasteiger partial charge in [0.05, 0.1) is 6.26 Å². The first-order valence-corrected chi connectivity index (χ1v) is 8.09. The molecule has 0 saturated carbocycles. The summed E-state index contributed by atoms with van der Waals surface area (Å²) in [5.41, 5.74) is 1.56. The number of hydrogen-bond acceptors (Lipinski definition) is 3. The minimum Gasteiger partial charge on any atom is -0.322 e. The second-order valence-electron chi connectivity index (χ2n) is 4.34. The third-order valence-corrected chi connectivity index (χ3v) is 2.45. The summed E-state index contributed by atoms with van der Waals surface area (Å²) in [6, 6.07) is 15.7. The number of rotatable bonds is 3. The van der Waals surface area contributed by atoms with Gasteiger partial charge >= 0.3 is 0 Å². The molecule has 0 aliphatic carbocycles. The fourth-order valence-corrected chi connectivity index (χ4v) is 1.54. The first-order chi connectivity index (χ1) is 10.3. The van der Waals surface area contributed by atoms with Crippen LogP contribution in [0.3, 0.4) is 0 Å². The number of hydrogen-bond donors (Lipinski definition) is 2. The van der Waals surface area contributed by atoms with Crippen molar-refractivity contribution >= 4 is 21.7 Å². The predicted molar refractivity (Wildman–Crippen MR) is 83.1 cm³/mol. The quantitative estimate of drug-likeness (QED) is 0.850. The molecule has 2 aromatic carbocycles. The van der Waals surface area contributed by atoms with Gasteiger partial charge in [0, 0.05) is 16.8 Å². The molecule has 7 heteroatoms. The van der Waals surface area contributed by atoms with Crippen LogP contribution in [0.5, 0.6) is 0 Å². The van der Waals surface area contributed by atoms with Crippen LogP contribution in [0.2, 0.25) is 0 Å². The maximum absolute atomic E-state index is 12.7. The number of amides is 1. The zero-order valence-electron chi connectivity index (χ0n) is 11.9. The Morgan fingerprint density at radius 3 is 2.14 bits per heavy atom. The zero-order chi connectivity index (χ0) is 16.6. The van der Waals surface area contributed by atoms with Crippen molar-refractivity contribution in [3.05, 3.63) is 65.7 Å². The van der Waals surface area contributed by atoms with Crippen LogP contribution in [0.15, 0.2) is 54.6 Å². The molecular weight excluding hydrogens is 309 g/mol. The molecule has 2 N–H and O–H groups in total. The van der Waals surface area contributed by atoms with E-state index >= 15 is 0 Å². The Bertz CT molecular complexity index is 709. The van der Waals surface area contributed by atoms with Crippen LogP contribution in [0.1, 0.15) is 15.9 Å². The van der Waals surface area contributed by atoms with Gasteiger partial charge in [-0.15, -0.1) is 0 Å². The summed E-state index contributed by atoms with van der Waals surface area (Å²) in [6.07, 6.45) is 0.715. The number of para-hydroxylation sites is 1. The van der Waals surface area contributed by atoms with Gasteiger partial charge in [-0.1, -0.05) is 36.4 Å². The highest BCUT2D eigenvalue weighted by Crippen LogP contribution is 2.17. The summed E-state index contributed by atoms with van der Waals surface area (Å²) < 4.78 is 38.6. The summed E-state index contributed by atoms with van der Waals surface area (Å²) in [5.74, 6) is -0.230. The Labute approximate surface area is 128 Å². The molecule has 0 aliphatic heterocycles. The van der Waals surface area contributed by atoms with Crippen molar-refractivity contribution in [2.24, 2.45) is 0 Å². The fourth-order valence-electron chi connectivity index (χ4n) is 1.54. The van der Waals surface area contributed by atoms with Gasteiger partial charge in [0.1, 0.15) is 6.67 Å². The monoisotopic (exact) mass is 325 g/mol. The molecule has 0 radical (unpaired) electrons. The van der Waals surface area contributed by atoms with E-state index in [1.165, 1.54) is 0 Å². The lowest BCUT2D eigenvalue weighted by atomic mass is 10.1. The van der Waals surface area contributed by atoms with Gasteiger partial charge in [-0.05, 0) is 18.2 Å². The summed E-state index contributed by atoms with van der Waals surface area (Å²) in [7, 11) is -3.67. The maximum atomic E-state index is 12.7. The minimum absolute atomic E-state index is 0.230. The molecule has 0 bridgehead atoms. The lowest BCUT2D eigenvalue weighted by molar-refractivity contribution is 0.102. The molecule has 0 saturated heterocycles. The topological polar surface area (TPSA) is 83.5 Å². The Morgan fingerprint density at radius 1 is 1.09 bits per heavy atom. The van der Waals surface area contributed by atoms with E-state index in [2.05, 4.69) is 5.32 Å². The van der Waals surface area contributed by atoms with Gasteiger partial charge in [0.15, 0.2) is 0 Å². The number of anilines is 1. The molecule has 0 unspecified atom stereocenters. The molecule has 5 nitrogen and oxygen atoms in total. The number of carbonyl (C=O) groups excluding carboxylic acids is 1. The summed E-state index contributed by atoms with van der Waals surface area (Å²) in [5, 5.41) is 2.70. The SMILES string of the molecule is CS(=O)(=O)O.O=C(Nc1ccccc1CF)c1ccccc1. The number of carbonyl (C=O) groups is 1. The number of alkyl halides is 1. The van der Waals surface area contributed by atoms with Gasteiger partial charge in [-0.3, -0.25) is 9.35 Å². The maximum Gasteiger partial charge on any atom is 0.261 e. The van der Waals surface area contributed by atoms with Crippen LogP contribution in [-0.4, -0.2) is 25.1 Å². The third-order valence-electron chi connectivity index (χ3n) is 2.45. The predicted octanol–water partition coefficient (Wildman–Crippen LogP) is 2.91. The summed E-state index contributed by atoms with van der Waals surface area (Å²) >= 11 is 0. The molecule has 0 fully saturated rings. The van der Waals surface area contributed by atoms with E-state index in [0.717, 1.165) is 0 Å². The van der Waals surface area contributed by atoms with E-state index in [4.69, 9.17) is 4.55 Å². The minimum atomic E-state index is -3.67. The highest BCUT2D eigenvalue weighted by Gasteiger charge is 2.07. The van der Waals surface area contributed by atoms with E-state index in [1.54, 1.807) is 48.5 Å². The van der Waals surface area contributed by atoms with Crippen LogP contribution in [-0.2, 0) is 16.8 Å². The number of halogens is 1. The van der Waals surface area contributed by atoms with E-state index in [-0.39, 0.29) is 5.91 Å². The molecule has 2 rings (SSSR count). The van der Waals surface area contributed by atoms with E-state index in [9.17, 15) is 17.6 Å². The highest BCUT2D eigenvalue weighted by molar-refractivity contribution is 7.85. The second kappa shape index (κ2) is 8.26. The zero-order valence-corrected chi connectivity index (χ0v) is 12.7. The fraction of sp³-hybridized carbons (Fsp3) is 0.133. The molecule has 1 amide bonds. The van der Waals surface area contributed by atoms with E-state index in [1.807, 2.05) is 6.07 Å². The molecule has 2 aromatic rings. The van der Waals surface area contributed by atoms with Gasteiger partial charge in [-0.25, -0.2) is 4.39 Å². The average Bonchev–Trinajstić information content (AvgIpc) is 2.47. The average molecular weight is 325 g/mol. The van der Waals surface area contributed by atoms with E-state index in [0.29, 0.717) is 23.1 Å². The van der Waals surface area contributed by atoms with Crippen LogP contribution in [0.25, 0.3) is 0 Å². The Morgan fingerprint density at radius 2 is 1.59 bits per heavy atom. The Kier molecular flexibility index (Phi) is 6.68. The van der Waals surface area contributed by atoms with Gasteiger partial charge in [-0.2, -0.15) is 8.42 Å². The molecular formula is C15H16FNO4S. The van der Waals surface area contributed by atoms with Crippen molar-refractivity contribution in [1.29, 1.82) is 0 Å². The molecule has 0 heterocycles. The second-order valence-corrected chi connectivity index (χ2v) is 5.81. The Balaban J connectivity index is 0.000000422. The van der Waals surface area contributed by atoms with Crippen molar-refractivity contribution in [3.8, 4) is 0 Å². The van der Waals surface area contributed by atoms with Crippen molar-refractivity contribution in [1.82, 2.24) is 0 Å².